The summed E-state index contributed by atoms with van der Waals surface area (Å²) in [7, 11) is 0. The Morgan fingerprint density at radius 3 is 2.56 bits per heavy atom. The van der Waals surface area contributed by atoms with Crippen molar-refractivity contribution in [2.45, 2.75) is 27.2 Å². The Labute approximate surface area is 114 Å². The van der Waals surface area contributed by atoms with E-state index in [9.17, 15) is 4.79 Å². The molecule has 0 aliphatic carbocycles. The van der Waals surface area contributed by atoms with Gasteiger partial charge in [0.1, 0.15) is 5.69 Å². The minimum atomic E-state index is 0.0519. The van der Waals surface area contributed by atoms with Crippen LogP contribution in [0.25, 0.3) is 5.69 Å². The third-order valence-corrected chi connectivity index (χ3v) is 3.95. The third-order valence-electron chi connectivity index (χ3n) is 2.80. The van der Waals surface area contributed by atoms with Crippen molar-refractivity contribution in [3.8, 4) is 5.69 Å². The molecule has 2 aromatic rings. The zero-order valence-corrected chi connectivity index (χ0v) is 12.2. The van der Waals surface area contributed by atoms with E-state index < -0.39 is 0 Å². The second-order valence-corrected chi connectivity index (χ2v) is 4.87. The Morgan fingerprint density at radius 1 is 1.39 bits per heavy atom. The van der Waals surface area contributed by atoms with Crippen molar-refractivity contribution >= 4 is 21.7 Å². The lowest BCUT2D eigenvalue weighted by Gasteiger charge is -2.04. The lowest BCUT2D eigenvalue weighted by Crippen LogP contribution is -2.04. The first-order valence-electron chi connectivity index (χ1n) is 5.76. The van der Waals surface area contributed by atoms with Crippen LogP contribution in [0.5, 0.6) is 0 Å². The number of pyridine rings is 1. The zero-order chi connectivity index (χ0) is 13.3. The van der Waals surface area contributed by atoms with Crippen LogP contribution < -0.4 is 0 Å². The number of halogens is 1. The van der Waals surface area contributed by atoms with Crippen molar-refractivity contribution in [1.29, 1.82) is 0 Å². The molecule has 0 N–H and O–H groups in total. The number of Topliss-reactive ketones (excluding diaryl/α,β-unsaturated/α-hetero) is 1. The second-order valence-electron chi connectivity index (χ2n) is 4.07. The van der Waals surface area contributed by atoms with Gasteiger partial charge >= 0.3 is 0 Å². The maximum absolute atomic E-state index is 11.5. The van der Waals surface area contributed by atoms with Crippen molar-refractivity contribution in [3.63, 3.8) is 0 Å². The molecular weight excluding hydrogens is 294 g/mol. The SMILES string of the molecule is CCC(=O)c1ccc(-n2nc(C)c(Br)c2C)cn1. The molecule has 0 unspecified atom stereocenters. The molecule has 0 amide bonds. The minimum absolute atomic E-state index is 0.0519. The molecule has 0 aliphatic rings. The molecule has 2 heterocycles. The highest BCUT2D eigenvalue weighted by Gasteiger charge is 2.11. The Hall–Kier alpha value is -1.49. The second kappa shape index (κ2) is 5.02. The van der Waals surface area contributed by atoms with E-state index >= 15 is 0 Å². The number of ketones is 1. The highest BCUT2D eigenvalue weighted by Crippen LogP contribution is 2.22. The first kappa shape index (κ1) is 13.0. The lowest BCUT2D eigenvalue weighted by atomic mass is 10.2. The summed E-state index contributed by atoms with van der Waals surface area (Å²) in [5.74, 6) is 0.0519. The molecule has 0 radical (unpaired) electrons. The molecule has 2 rings (SSSR count). The number of hydrogen-bond donors (Lipinski definition) is 0. The highest BCUT2D eigenvalue weighted by atomic mass is 79.9. The highest BCUT2D eigenvalue weighted by molar-refractivity contribution is 9.10. The maximum atomic E-state index is 11.5. The number of rotatable bonds is 3. The van der Waals surface area contributed by atoms with Gasteiger partial charge in [0.25, 0.3) is 0 Å². The largest absolute Gasteiger partial charge is 0.292 e. The summed E-state index contributed by atoms with van der Waals surface area (Å²) in [5, 5.41) is 4.42. The first-order chi connectivity index (χ1) is 8.54. The van der Waals surface area contributed by atoms with Crippen LogP contribution in [0, 0.1) is 13.8 Å². The van der Waals surface area contributed by atoms with Crippen molar-refractivity contribution in [2.24, 2.45) is 0 Å². The van der Waals surface area contributed by atoms with Gasteiger partial charge in [-0.2, -0.15) is 5.10 Å². The topological polar surface area (TPSA) is 47.8 Å². The van der Waals surface area contributed by atoms with Gasteiger partial charge in [0, 0.05) is 6.42 Å². The molecule has 0 saturated heterocycles. The van der Waals surface area contributed by atoms with Gasteiger partial charge in [-0.25, -0.2) is 4.68 Å². The Balaban J connectivity index is 2.40. The van der Waals surface area contributed by atoms with Crippen molar-refractivity contribution in [2.75, 3.05) is 0 Å². The molecule has 4 nitrogen and oxygen atoms in total. The van der Waals surface area contributed by atoms with Crippen LogP contribution in [0.4, 0.5) is 0 Å². The predicted molar refractivity (Wildman–Crippen MR) is 73.2 cm³/mol. The summed E-state index contributed by atoms with van der Waals surface area (Å²) in [6.45, 7) is 5.75. The lowest BCUT2D eigenvalue weighted by molar-refractivity contribution is 0.0983. The van der Waals surface area contributed by atoms with Crippen LogP contribution in [0.15, 0.2) is 22.8 Å². The number of carbonyl (C=O) groups is 1. The van der Waals surface area contributed by atoms with Crippen molar-refractivity contribution in [1.82, 2.24) is 14.8 Å². The van der Waals surface area contributed by atoms with Crippen molar-refractivity contribution in [3.05, 3.63) is 39.9 Å². The fourth-order valence-corrected chi connectivity index (χ4v) is 1.98. The zero-order valence-electron chi connectivity index (χ0n) is 10.6. The molecule has 5 heteroatoms. The minimum Gasteiger partial charge on any atom is -0.292 e. The van der Waals surface area contributed by atoms with Gasteiger partial charge in [0.15, 0.2) is 5.78 Å². The van der Waals surface area contributed by atoms with E-state index in [2.05, 4.69) is 26.0 Å². The standard InChI is InChI=1S/C13H14BrN3O/c1-4-12(18)11-6-5-10(7-15-11)17-9(3)13(14)8(2)16-17/h5-7H,4H2,1-3H3. The monoisotopic (exact) mass is 307 g/mol. The normalized spacial score (nSPS) is 10.7. The van der Waals surface area contributed by atoms with E-state index in [0.29, 0.717) is 12.1 Å². The van der Waals surface area contributed by atoms with Gasteiger partial charge < -0.3 is 0 Å². The average molecular weight is 308 g/mol. The Kier molecular flexibility index (Phi) is 3.61. The van der Waals surface area contributed by atoms with Crippen LogP contribution in [0.2, 0.25) is 0 Å². The third kappa shape index (κ3) is 2.22. The molecule has 2 aromatic heterocycles. The molecule has 0 saturated carbocycles. The summed E-state index contributed by atoms with van der Waals surface area (Å²) >= 11 is 3.49. The quantitative estimate of drug-likeness (QED) is 0.818. The van der Waals surface area contributed by atoms with Crippen LogP contribution in [0.3, 0.4) is 0 Å². The van der Waals surface area contributed by atoms with Gasteiger partial charge in [-0.15, -0.1) is 0 Å². The van der Waals surface area contributed by atoms with Gasteiger partial charge in [0.05, 0.1) is 27.7 Å². The van der Waals surface area contributed by atoms with E-state index in [1.807, 2.05) is 31.5 Å². The summed E-state index contributed by atoms with van der Waals surface area (Å²) in [6, 6.07) is 3.60. The van der Waals surface area contributed by atoms with E-state index in [1.165, 1.54) is 0 Å². The molecule has 18 heavy (non-hydrogen) atoms. The Bertz CT molecular complexity index is 587. The molecule has 0 spiro atoms. The molecular formula is C13H14BrN3O. The fourth-order valence-electron chi connectivity index (χ4n) is 1.73. The van der Waals surface area contributed by atoms with Gasteiger partial charge in [-0.1, -0.05) is 6.92 Å². The smallest absolute Gasteiger partial charge is 0.180 e. The van der Waals surface area contributed by atoms with E-state index in [1.54, 1.807) is 12.3 Å². The number of aryl methyl sites for hydroxylation is 1. The molecule has 0 fully saturated rings. The predicted octanol–water partition coefficient (Wildman–Crippen LogP) is 3.24. The molecule has 0 bridgehead atoms. The summed E-state index contributed by atoms with van der Waals surface area (Å²) in [4.78, 5) is 15.7. The average Bonchev–Trinajstić information content (AvgIpc) is 2.66. The number of nitrogens with zero attached hydrogens (tertiary/aromatic N) is 3. The van der Waals surface area contributed by atoms with E-state index in [0.717, 1.165) is 21.5 Å². The Morgan fingerprint density at radius 2 is 2.11 bits per heavy atom. The van der Waals surface area contributed by atoms with Crippen LogP contribution in [-0.4, -0.2) is 20.5 Å². The number of hydrogen-bond acceptors (Lipinski definition) is 3. The maximum Gasteiger partial charge on any atom is 0.180 e. The van der Waals surface area contributed by atoms with Crippen LogP contribution in [0.1, 0.15) is 35.2 Å². The summed E-state index contributed by atoms with van der Waals surface area (Å²) in [6.07, 6.45) is 2.15. The van der Waals surface area contributed by atoms with E-state index in [4.69, 9.17) is 0 Å². The summed E-state index contributed by atoms with van der Waals surface area (Å²) in [5.41, 5.74) is 3.31. The molecule has 0 atom stereocenters. The van der Waals surface area contributed by atoms with Gasteiger partial charge in [-0.3, -0.25) is 9.78 Å². The van der Waals surface area contributed by atoms with Gasteiger partial charge in [0.2, 0.25) is 0 Å². The fraction of sp³-hybridized carbons (Fsp3) is 0.308. The molecule has 0 aliphatic heterocycles. The number of aromatic nitrogens is 3. The van der Waals surface area contributed by atoms with Crippen molar-refractivity contribution < 1.29 is 4.79 Å². The first-order valence-corrected chi connectivity index (χ1v) is 6.55. The summed E-state index contributed by atoms with van der Waals surface area (Å²) < 4.78 is 2.81. The van der Waals surface area contributed by atoms with Crippen LogP contribution >= 0.6 is 15.9 Å². The van der Waals surface area contributed by atoms with E-state index in [-0.39, 0.29) is 5.78 Å². The van der Waals surface area contributed by atoms with Gasteiger partial charge in [-0.05, 0) is 41.9 Å². The molecule has 0 aromatic carbocycles. The van der Waals surface area contributed by atoms with Crippen LogP contribution in [-0.2, 0) is 0 Å². The molecule has 94 valence electrons. The number of carbonyl (C=O) groups excluding carboxylic acids is 1.